The molecule has 0 aliphatic carbocycles. The van der Waals surface area contributed by atoms with Crippen molar-refractivity contribution in [3.63, 3.8) is 0 Å². The van der Waals surface area contributed by atoms with Crippen molar-refractivity contribution in [1.29, 1.82) is 0 Å². The van der Waals surface area contributed by atoms with E-state index in [9.17, 15) is 31.5 Å². The van der Waals surface area contributed by atoms with Crippen LogP contribution in [0.2, 0.25) is 0 Å². The first kappa shape index (κ1) is 23.0. The Hall–Kier alpha value is -3.21. The number of ether oxygens (including phenoxy) is 1. The van der Waals surface area contributed by atoms with E-state index in [1.54, 1.807) is 6.07 Å². The van der Waals surface area contributed by atoms with E-state index in [1.807, 2.05) is 0 Å². The molecule has 1 aliphatic heterocycles. The number of benzene rings is 1. The highest BCUT2D eigenvalue weighted by Gasteiger charge is 2.34. The lowest BCUT2D eigenvalue weighted by molar-refractivity contribution is -0.140. The molecule has 11 heteroatoms. The maximum Gasteiger partial charge on any atom is 0.419 e. The molecule has 1 amide bonds. The van der Waals surface area contributed by atoms with E-state index in [4.69, 9.17) is 4.74 Å². The Morgan fingerprint density at radius 3 is 2.61 bits per heavy atom. The molecule has 1 aromatic carbocycles. The predicted octanol–water partition coefficient (Wildman–Crippen LogP) is 3.80. The van der Waals surface area contributed by atoms with E-state index >= 15 is 0 Å². The Morgan fingerprint density at radius 1 is 1.21 bits per heavy atom. The Labute approximate surface area is 184 Å². The Kier molecular flexibility index (Phi) is 6.00. The predicted molar refractivity (Wildman–Crippen MR) is 110 cm³/mol. The summed E-state index contributed by atoms with van der Waals surface area (Å²) < 4.78 is 74.8. The maximum absolute atomic E-state index is 13.8. The first-order valence-corrected chi connectivity index (χ1v) is 10.1. The topological polar surface area (TPSA) is 56.5 Å². The average molecular weight is 469 g/mol. The van der Waals surface area contributed by atoms with Gasteiger partial charge in [0.1, 0.15) is 25.3 Å². The van der Waals surface area contributed by atoms with Gasteiger partial charge in [-0.25, -0.2) is 8.78 Å². The SMILES string of the molecule is COCn1cc(-c2ccc(F)c(C(F)(F)F)c2)c2c(=O)n(CC(=O)N3CCC(F)C3)ccc21. The average Bonchev–Trinajstić information content (AvgIpc) is 3.34. The van der Waals surface area contributed by atoms with Crippen molar-refractivity contribution in [1.82, 2.24) is 14.0 Å². The maximum atomic E-state index is 13.8. The van der Waals surface area contributed by atoms with Crippen molar-refractivity contribution in [2.24, 2.45) is 0 Å². The lowest BCUT2D eigenvalue weighted by Gasteiger charge is -2.16. The molecule has 3 aromatic rings. The lowest BCUT2D eigenvalue weighted by atomic mass is 10.0. The molecular formula is C22H20F5N3O3. The molecule has 1 aliphatic rings. The molecule has 1 atom stereocenters. The molecule has 1 saturated heterocycles. The summed E-state index contributed by atoms with van der Waals surface area (Å²) in [7, 11) is 1.42. The number of alkyl halides is 4. The minimum absolute atomic E-state index is 0.00966. The molecule has 0 saturated carbocycles. The van der Waals surface area contributed by atoms with Gasteiger partial charge < -0.3 is 18.8 Å². The minimum atomic E-state index is -4.92. The molecule has 6 nitrogen and oxygen atoms in total. The second-order valence-electron chi connectivity index (χ2n) is 7.86. The number of carbonyl (C=O) groups is 1. The zero-order chi connectivity index (χ0) is 23.9. The third-order valence-electron chi connectivity index (χ3n) is 5.65. The lowest BCUT2D eigenvalue weighted by Crippen LogP contribution is -2.35. The van der Waals surface area contributed by atoms with Gasteiger partial charge >= 0.3 is 6.18 Å². The number of aromatic nitrogens is 2. The molecule has 4 rings (SSSR count). The Balaban J connectivity index is 1.82. The van der Waals surface area contributed by atoms with Gasteiger partial charge in [-0.3, -0.25) is 9.59 Å². The number of carbonyl (C=O) groups excluding carboxylic acids is 1. The number of nitrogens with zero attached hydrogens (tertiary/aromatic N) is 3. The number of methoxy groups -OCH3 is 1. The summed E-state index contributed by atoms with van der Waals surface area (Å²) >= 11 is 0. The highest BCUT2D eigenvalue weighted by atomic mass is 19.4. The zero-order valence-corrected chi connectivity index (χ0v) is 17.5. The van der Waals surface area contributed by atoms with Gasteiger partial charge in [0.2, 0.25) is 5.91 Å². The first-order chi connectivity index (χ1) is 15.6. The third-order valence-corrected chi connectivity index (χ3v) is 5.65. The Bertz CT molecular complexity index is 1260. The number of hydrogen-bond acceptors (Lipinski definition) is 3. The summed E-state index contributed by atoms with van der Waals surface area (Å²) in [4.78, 5) is 27.1. The van der Waals surface area contributed by atoms with Crippen LogP contribution in [0.3, 0.4) is 0 Å². The summed E-state index contributed by atoms with van der Waals surface area (Å²) in [6, 6.07) is 4.05. The molecule has 3 heterocycles. The fourth-order valence-corrected chi connectivity index (χ4v) is 4.04. The van der Waals surface area contributed by atoms with E-state index < -0.39 is 35.2 Å². The van der Waals surface area contributed by atoms with Crippen LogP contribution < -0.4 is 5.56 Å². The quantitative estimate of drug-likeness (QED) is 0.535. The number of pyridine rings is 1. The minimum Gasteiger partial charge on any atom is -0.364 e. The van der Waals surface area contributed by atoms with Crippen molar-refractivity contribution in [2.75, 3.05) is 20.2 Å². The molecule has 0 N–H and O–H groups in total. The van der Waals surface area contributed by atoms with E-state index in [-0.39, 0.29) is 49.3 Å². The van der Waals surface area contributed by atoms with Crippen LogP contribution in [-0.2, 0) is 29.0 Å². The van der Waals surface area contributed by atoms with Gasteiger partial charge in [-0.15, -0.1) is 0 Å². The molecule has 0 radical (unpaired) electrons. The summed E-state index contributed by atoms with van der Waals surface area (Å²) in [6.07, 6.45) is -2.95. The van der Waals surface area contributed by atoms with Crippen LogP contribution in [0.25, 0.3) is 22.0 Å². The molecule has 1 fully saturated rings. The van der Waals surface area contributed by atoms with Gasteiger partial charge in [0.25, 0.3) is 5.56 Å². The van der Waals surface area contributed by atoms with E-state index in [1.165, 1.54) is 29.0 Å². The summed E-state index contributed by atoms with van der Waals surface area (Å²) in [5.41, 5.74) is -1.55. The Morgan fingerprint density at radius 2 is 1.97 bits per heavy atom. The number of amides is 1. The molecule has 2 aromatic heterocycles. The summed E-state index contributed by atoms with van der Waals surface area (Å²) in [6.45, 7) is -0.116. The molecule has 33 heavy (non-hydrogen) atoms. The van der Waals surface area contributed by atoms with Crippen LogP contribution in [0.5, 0.6) is 0 Å². The molecule has 1 unspecified atom stereocenters. The van der Waals surface area contributed by atoms with Crippen molar-refractivity contribution in [3.8, 4) is 11.1 Å². The fraction of sp³-hybridized carbons (Fsp3) is 0.364. The molecule has 0 spiro atoms. The van der Waals surface area contributed by atoms with E-state index in [2.05, 4.69) is 0 Å². The highest BCUT2D eigenvalue weighted by Crippen LogP contribution is 2.36. The van der Waals surface area contributed by atoms with Gasteiger partial charge in [0.15, 0.2) is 0 Å². The van der Waals surface area contributed by atoms with Gasteiger partial charge in [-0.1, -0.05) is 6.07 Å². The standard InChI is InChI=1S/C22H20F5N3O3/c1-33-12-30-10-15(13-2-3-17(24)16(8-13)22(25,26)27)20-18(30)5-7-29(21(20)32)11-19(31)28-6-4-14(23)9-28/h2-3,5,7-8,10,14H,4,6,9,11-12H2,1H3. The first-order valence-electron chi connectivity index (χ1n) is 10.1. The second-order valence-corrected chi connectivity index (χ2v) is 7.86. The van der Waals surface area contributed by atoms with Crippen molar-refractivity contribution in [2.45, 2.75) is 32.0 Å². The van der Waals surface area contributed by atoms with Crippen LogP contribution in [-0.4, -0.2) is 46.3 Å². The van der Waals surface area contributed by atoms with Crippen molar-refractivity contribution < 1.29 is 31.5 Å². The van der Waals surface area contributed by atoms with E-state index in [0.29, 0.717) is 17.6 Å². The van der Waals surface area contributed by atoms with Gasteiger partial charge in [0, 0.05) is 31.6 Å². The highest BCUT2D eigenvalue weighted by molar-refractivity contribution is 5.95. The molecule has 0 bridgehead atoms. The van der Waals surface area contributed by atoms with Crippen LogP contribution in [0.1, 0.15) is 12.0 Å². The van der Waals surface area contributed by atoms with Crippen LogP contribution in [0, 0.1) is 5.82 Å². The van der Waals surface area contributed by atoms with Gasteiger partial charge in [-0.05, 0) is 30.2 Å². The van der Waals surface area contributed by atoms with Gasteiger partial charge in [-0.2, -0.15) is 13.2 Å². The second kappa shape index (κ2) is 8.62. The van der Waals surface area contributed by atoms with Crippen molar-refractivity contribution >= 4 is 16.8 Å². The normalized spacial score (nSPS) is 16.7. The third kappa shape index (κ3) is 4.37. The number of rotatable bonds is 5. The van der Waals surface area contributed by atoms with Crippen LogP contribution in [0.15, 0.2) is 41.5 Å². The number of likely N-dealkylation sites (tertiary alicyclic amines) is 1. The largest absolute Gasteiger partial charge is 0.419 e. The van der Waals surface area contributed by atoms with Gasteiger partial charge in [0.05, 0.1) is 23.0 Å². The monoisotopic (exact) mass is 469 g/mol. The van der Waals surface area contributed by atoms with Crippen LogP contribution in [0.4, 0.5) is 22.0 Å². The number of fused-ring (bicyclic) bond motifs is 1. The summed E-state index contributed by atoms with van der Waals surface area (Å²) in [5, 5.41) is 0.0619. The van der Waals surface area contributed by atoms with E-state index in [0.717, 1.165) is 10.6 Å². The molecule has 176 valence electrons. The fourth-order valence-electron chi connectivity index (χ4n) is 4.04. The van der Waals surface area contributed by atoms with Crippen molar-refractivity contribution in [3.05, 3.63) is 58.4 Å². The summed E-state index contributed by atoms with van der Waals surface area (Å²) in [5.74, 6) is -1.86. The number of halogens is 5. The smallest absolute Gasteiger partial charge is 0.364 e. The van der Waals surface area contributed by atoms with Crippen LogP contribution >= 0.6 is 0 Å². The molecular weight excluding hydrogens is 449 g/mol. The zero-order valence-electron chi connectivity index (χ0n) is 17.5. The number of hydrogen-bond donors (Lipinski definition) is 0.